The lowest BCUT2D eigenvalue weighted by Gasteiger charge is -2.20. The topological polar surface area (TPSA) is 63.2 Å². The van der Waals surface area contributed by atoms with Crippen molar-refractivity contribution in [2.24, 2.45) is 0 Å². The van der Waals surface area contributed by atoms with Gasteiger partial charge in [-0.05, 0) is 32.8 Å². The number of rotatable bonds is 6. The smallest absolute Gasteiger partial charge is 0.315 e. The number of para-hydroxylation sites is 1. The molecule has 0 spiro atoms. The number of nitrogens with zero attached hydrogens (tertiary/aromatic N) is 1. The number of hydrogen-bond donors (Lipinski definition) is 2. The average Bonchev–Trinajstić information content (AvgIpc) is 3.26. The van der Waals surface area contributed by atoms with Crippen LogP contribution >= 0.6 is 11.3 Å². The Morgan fingerprint density at radius 1 is 1.42 bits per heavy atom. The molecule has 1 fully saturated rings. The molecule has 0 bridgehead atoms. The monoisotopic (exact) mass is 345 g/mol. The van der Waals surface area contributed by atoms with Gasteiger partial charge in [-0.2, -0.15) is 0 Å². The summed E-state index contributed by atoms with van der Waals surface area (Å²) in [5.74, 6) is 0.892. The van der Waals surface area contributed by atoms with E-state index in [9.17, 15) is 4.79 Å². The molecule has 2 N–H and O–H groups in total. The summed E-state index contributed by atoms with van der Waals surface area (Å²) in [5.41, 5.74) is 2.17. The van der Waals surface area contributed by atoms with Crippen LogP contribution in [-0.4, -0.2) is 24.7 Å². The fourth-order valence-electron chi connectivity index (χ4n) is 2.90. The minimum atomic E-state index is -0.156. The summed E-state index contributed by atoms with van der Waals surface area (Å²) in [6.07, 6.45) is 2.13. The van der Waals surface area contributed by atoms with Crippen molar-refractivity contribution in [2.45, 2.75) is 38.1 Å². The summed E-state index contributed by atoms with van der Waals surface area (Å²) < 4.78 is 5.47. The van der Waals surface area contributed by atoms with Gasteiger partial charge in [-0.15, -0.1) is 11.3 Å². The van der Waals surface area contributed by atoms with Crippen molar-refractivity contribution in [3.63, 3.8) is 0 Å². The second kappa shape index (κ2) is 6.81. The predicted molar refractivity (Wildman–Crippen MR) is 95.7 cm³/mol. The van der Waals surface area contributed by atoms with Crippen molar-refractivity contribution >= 4 is 17.4 Å². The third-order valence-corrected chi connectivity index (χ3v) is 5.62. The van der Waals surface area contributed by atoms with Crippen molar-refractivity contribution in [2.75, 3.05) is 13.7 Å². The van der Waals surface area contributed by atoms with Gasteiger partial charge >= 0.3 is 6.03 Å². The SMILES string of the molecule is COc1ccccc1C1(CNC(=O)N[C@H](C)c2nc(C)cs2)CC1. The Bertz CT molecular complexity index is 725. The predicted octanol–water partition coefficient (Wildman–Crippen LogP) is 3.55. The minimum Gasteiger partial charge on any atom is -0.496 e. The maximum Gasteiger partial charge on any atom is 0.315 e. The number of amides is 2. The Balaban J connectivity index is 1.58. The molecule has 0 aliphatic heterocycles. The van der Waals surface area contributed by atoms with Gasteiger partial charge in [0.25, 0.3) is 0 Å². The van der Waals surface area contributed by atoms with Gasteiger partial charge < -0.3 is 15.4 Å². The van der Waals surface area contributed by atoms with Gasteiger partial charge in [0, 0.05) is 28.6 Å². The van der Waals surface area contributed by atoms with E-state index in [-0.39, 0.29) is 17.5 Å². The highest BCUT2D eigenvalue weighted by Gasteiger charge is 2.46. The quantitative estimate of drug-likeness (QED) is 0.841. The summed E-state index contributed by atoms with van der Waals surface area (Å²) in [5, 5.41) is 8.89. The maximum atomic E-state index is 12.2. The minimum absolute atomic E-state index is 0.00491. The van der Waals surface area contributed by atoms with Crippen molar-refractivity contribution in [1.82, 2.24) is 15.6 Å². The first kappa shape index (κ1) is 16.8. The Morgan fingerprint density at radius 2 is 2.17 bits per heavy atom. The van der Waals surface area contributed by atoms with Crippen molar-refractivity contribution < 1.29 is 9.53 Å². The van der Waals surface area contributed by atoms with Crippen LogP contribution in [0.3, 0.4) is 0 Å². The first-order valence-corrected chi connectivity index (χ1v) is 9.02. The molecule has 1 heterocycles. The molecular weight excluding hydrogens is 322 g/mol. The zero-order chi connectivity index (χ0) is 17.2. The van der Waals surface area contributed by atoms with E-state index in [1.54, 1.807) is 18.4 Å². The maximum absolute atomic E-state index is 12.2. The number of urea groups is 1. The number of aryl methyl sites for hydroxylation is 1. The van der Waals surface area contributed by atoms with Crippen LogP contribution in [0.1, 0.15) is 42.1 Å². The largest absolute Gasteiger partial charge is 0.496 e. The fraction of sp³-hybridized carbons (Fsp3) is 0.444. The highest BCUT2D eigenvalue weighted by Crippen LogP contribution is 2.50. The molecule has 0 unspecified atom stereocenters. The third-order valence-electron chi connectivity index (χ3n) is 4.47. The summed E-state index contributed by atoms with van der Waals surface area (Å²) in [6.45, 7) is 4.52. The van der Waals surface area contributed by atoms with E-state index in [2.05, 4.69) is 21.7 Å². The standard InChI is InChI=1S/C18H23N3O2S/c1-12-10-24-16(20-12)13(2)21-17(22)19-11-18(8-9-18)14-6-4-5-7-15(14)23-3/h4-7,10,13H,8-9,11H2,1-3H3,(H2,19,21,22)/t13-/m1/s1. The van der Waals surface area contributed by atoms with Gasteiger partial charge in [0.2, 0.25) is 0 Å². The zero-order valence-corrected chi connectivity index (χ0v) is 15.1. The molecule has 2 aromatic rings. The number of methoxy groups -OCH3 is 1. The van der Waals surface area contributed by atoms with Gasteiger partial charge in [0.1, 0.15) is 10.8 Å². The molecule has 1 aliphatic rings. The Hall–Kier alpha value is -2.08. The number of ether oxygens (including phenoxy) is 1. The number of carbonyl (C=O) groups is 1. The summed E-state index contributed by atoms with van der Waals surface area (Å²) in [4.78, 5) is 16.6. The second-order valence-electron chi connectivity index (χ2n) is 6.36. The highest BCUT2D eigenvalue weighted by atomic mass is 32.1. The molecule has 24 heavy (non-hydrogen) atoms. The van der Waals surface area contributed by atoms with Gasteiger partial charge in [-0.3, -0.25) is 0 Å². The van der Waals surface area contributed by atoms with E-state index in [4.69, 9.17) is 4.74 Å². The average molecular weight is 345 g/mol. The lowest BCUT2D eigenvalue weighted by molar-refractivity contribution is 0.236. The molecule has 2 amide bonds. The second-order valence-corrected chi connectivity index (χ2v) is 7.25. The Kier molecular flexibility index (Phi) is 4.76. The fourth-order valence-corrected chi connectivity index (χ4v) is 3.71. The van der Waals surface area contributed by atoms with Crippen LogP contribution in [0, 0.1) is 6.92 Å². The molecule has 1 aliphatic carbocycles. The van der Waals surface area contributed by atoms with Crippen molar-refractivity contribution in [1.29, 1.82) is 0 Å². The summed E-state index contributed by atoms with van der Waals surface area (Å²) in [6, 6.07) is 7.80. The van der Waals surface area contributed by atoms with Crippen LogP contribution in [0.4, 0.5) is 4.79 Å². The van der Waals surface area contributed by atoms with Crippen LogP contribution in [0.2, 0.25) is 0 Å². The first-order chi connectivity index (χ1) is 11.5. The molecule has 1 aromatic carbocycles. The van der Waals surface area contributed by atoms with Crippen LogP contribution < -0.4 is 15.4 Å². The molecule has 6 heteroatoms. The molecule has 0 saturated heterocycles. The van der Waals surface area contributed by atoms with Gasteiger partial charge in [-0.1, -0.05) is 18.2 Å². The van der Waals surface area contributed by atoms with Crippen LogP contribution in [0.5, 0.6) is 5.75 Å². The first-order valence-electron chi connectivity index (χ1n) is 8.14. The zero-order valence-electron chi connectivity index (χ0n) is 14.3. The molecule has 1 atom stereocenters. The number of benzene rings is 1. The van der Waals surface area contributed by atoms with E-state index in [1.807, 2.05) is 37.4 Å². The molecule has 5 nitrogen and oxygen atoms in total. The van der Waals surface area contributed by atoms with Crippen LogP contribution in [0.15, 0.2) is 29.6 Å². The number of thiazole rings is 1. The van der Waals surface area contributed by atoms with E-state index in [1.165, 1.54) is 5.56 Å². The van der Waals surface area contributed by atoms with E-state index >= 15 is 0 Å². The number of hydrogen-bond acceptors (Lipinski definition) is 4. The summed E-state index contributed by atoms with van der Waals surface area (Å²) in [7, 11) is 1.69. The Morgan fingerprint density at radius 3 is 2.79 bits per heavy atom. The number of nitrogens with one attached hydrogen (secondary N) is 2. The molecule has 1 aromatic heterocycles. The normalized spacial score (nSPS) is 16.3. The van der Waals surface area contributed by atoms with Crippen molar-refractivity contribution in [3.8, 4) is 5.75 Å². The van der Waals surface area contributed by atoms with Gasteiger partial charge in [0.05, 0.1) is 13.2 Å². The van der Waals surface area contributed by atoms with Crippen molar-refractivity contribution in [3.05, 3.63) is 45.9 Å². The molecule has 0 radical (unpaired) electrons. The van der Waals surface area contributed by atoms with E-state index in [0.717, 1.165) is 29.3 Å². The molecule has 128 valence electrons. The number of carbonyl (C=O) groups excluding carboxylic acids is 1. The third kappa shape index (κ3) is 3.53. The van der Waals surface area contributed by atoms with E-state index in [0.29, 0.717) is 6.54 Å². The number of aromatic nitrogens is 1. The Labute approximate surface area is 146 Å². The lowest BCUT2D eigenvalue weighted by atomic mass is 9.95. The van der Waals surface area contributed by atoms with Crippen LogP contribution in [0.25, 0.3) is 0 Å². The summed E-state index contributed by atoms with van der Waals surface area (Å²) >= 11 is 1.57. The molecule has 1 saturated carbocycles. The van der Waals surface area contributed by atoms with Gasteiger partial charge in [-0.25, -0.2) is 9.78 Å². The molecular formula is C18H23N3O2S. The lowest BCUT2D eigenvalue weighted by Crippen LogP contribution is -2.40. The van der Waals surface area contributed by atoms with E-state index < -0.39 is 0 Å². The molecule has 3 rings (SSSR count). The van der Waals surface area contributed by atoms with Gasteiger partial charge in [0.15, 0.2) is 0 Å². The van der Waals surface area contributed by atoms with Crippen LogP contribution in [-0.2, 0) is 5.41 Å². The highest BCUT2D eigenvalue weighted by molar-refractivity contribution is 7.09.